The van der Waals surface area contributed by atoms with Crippen LogP contribution in [0, 0.1) is 35.5 Å². The lowest BCUT2D eigenvalue weighted by molar-refractivity contribution is -0.185. The van der Waals surface area contributed by atoms with Gasteiger partial charge in [-0.2, -0.15) is 0 Å². The summed E-state index contributed by atoms with van der Waals surface area (Å²) in [4.78, 5) is 76.8. The van der Waals surface area contributed by atoms with Gasteiger partial charge in [0.25, 0.3) is 0 Å². The summed E-state index contributed by atoms with van der Waals surface area (Å²) in [6.07, 6.45) is 27.0. The van der Waals surface area contributed by atoms with Crippen LogP contribution < -0.4 is 0 Å². The summed E-state index contributed by atoms with van der Waals surface area (Å²) in [5, 5.41) is 2.29. The summed E-state index contributed by atoms with van der Waals surface area (Å²) in [6, 6.07) is 19.1. The Balaban J connectivity index is 0.000000138. The quantitative estimate of drug-likeness (QED) is 0.159. The second-order valence-corrected chi connectivity index (χ2v) is 36.8. The number of likely N-dealkylation sites (tertiary alicyclic amines) is 3. The van der Waals surface area contributed by atoms with Gasteiger partial charge in [0.05, 0.1) is 30.3 Å². The van der Waals surface area contributed by atoms with E-state index in [4.69, 9.17) is 59.2 Å². The monoisotopic (exact) mass is 1850 g/mol. The van der Waals surface area contributed by atoms with Crippen LogP contribution in [0.25, 0.3) is 0 Å². The molecule has 3 aromatic heterocycles. The Morgan fingerprint density at radius 3 is 1.04 bits per heavy atom. The van der Waals surface area contributed by atoms with Crippen molar-refractivity contribution in [3.63, 3.8) is 0 Å². The van der Waals surface area contributed by atoms with E-state index < -0.39 is 5.79 Å². The molecule has 6 aromatic rings. The molecule has 22 heteroatoms. The van der Waals surface area contributed by atoms with Crippen molar-refractivity contribution >= 4 is 160 Å². The molecule has 10 aliphatic rings. The van der Waals surface area contributed by atoms with Crippen LogP contribution in [0.15, 0.2) is 105 Å². The number of carbonyl (C=O) groups excluding carboxylic acids is 4. The van der Waals surface area contributed by atoms with Crippen LogP contribution in [0.4, 0.5) is 0 Å². The molecule has 0 unspecified atom stereocenters. The summed E-state index contributed by atoms with van der Waals surface area (Å²) >= 11 is 41.7. The molecule has 3 aromatic carbocycles. The number of carbonyl (C=O) groups is 4. The maximum absolute atomic E-state index is 13.4. The van der Waals surface area contributed by atoms with Gasteiger partial charge >= 0.3 is 0 Å². The standard InChI is InChI=1S/C28H31Br2ClN2O3.C27H30Br2ClN3O.C26H27Br2ClN2O2.CH4/c29-21-13-20-2-1-19-14-22(31)15-23(30)24(19)25(26(20)32-16-21)17-5-9-33(10-6-17)27(34)18-3-7-28(8-4-18)35-11-12-36-28;1-31-22-6-4-17(5-7-22)27(34)33-10-8-16(9-11-33)25-24-18(13-21(30)14-23(24)29)2-3-19-12-20(28)15-32-26(19)25;27-19-11-18-2-1-17-12-20(29)13-22(28)23(17)24(25(18)30-14-19)15-7-9-31(10-8-15)26(33)16-3-5-21(32)6-4-16;/h13-18,25H,1-12H2;12-17,25H,2-11H2,1H3;11-16,24H,1-10H2;1H4/t25-;17?,25-;24-;/m111./s1. The predicted octanol–water partition coefficient (Wildman–Crippen LogP) is 20.8. The Bertz CT molecular complexity index is 4200. The fourth-order valence-electron chi connectivity index (χ4n) is 18.9. The van der Waals surface area contributed by atoms with Crippen molar-refractivity contribution in [3.8, 4) is 0 Å². The van der Waals surface area contributed by atoms with Crippen molar-refractivity contribution in [1.29, 1.82) is 0 Å². The summed E-state index contributed by atoms with van der Waals surface area (Å²) < 4.78 is 18.0. The van der Waals surface area contributed by atoms with Gasteiger partial charge in [-0.15, -0.1) is 0 Å². The lowest BCUT2D eigenvalue weighted by Gasteiger charge is -2.40. The first-order valence-corrected chi connectivity index (χ1v) is 43.1. The molecule has 13 nitrogen and oxygen atoms in total. The Labute approximate surface area is 678 Å². The zero-order chi connectivity index (χ0) is 71.8. The highest BCUT2D eigenvalue weighted by molar-refractivity contribution is 9.11. The summed E-state index contributed by atoms with van der Waals surface area (Å²) in [5.41, 5.74) is 16.6. The number of Topliss-reactive ketones (excluding diaryl/α,β-unsaturated/α-hetero) is 1. The third kappa shape index (κ3) is 17.5. The number of nitrogens with zero attached hydrogens (tertiary/aromatic N) is 7. The van der Waals surface area contributed by atoms with E-state index in [0.29, 0.717) is 74.2 Å². The topological polar surface area (TPSA) is 147 Å². The van der Waals surface area contributed by atoms with Crippen molar-refractivity contribution < 1.29 is 28.7 Å². The molecule has 1 spiro atoms. The summed E-state index contributed by atoms with van der Waals surface area (Å²) in [6.45, 7) is 6.17. The van der Waals surface area contributed by atoms with Gasteiger partial charge in [0.1, 0.15) is 5.78 Å². The van der Waals surface area contributed by atoms with Crippen LogP contribution in [0.3, 0.4) is 0 Å². The highest BCUT2D eigenvalue weighted by Crippen LogP contribution is 2.51. The van der Waals surface area contributed by atoms with E-state index in [-0.39, 0.29) is 48.8 Å². The number of amides is 3. The van der Waals surface area contributed by atoms with E-state index in [1.54, 1.807) is 0 Å². The molecule has 7 fully saturated rings. The first kappa shape index (κ1) is 78.6. The maximum atomic E-state index is 13.4. The van der Waals surface area contributed by atoms with Gasteiger partial charge in [-0.1, -0.05) is 90.0 Å². The van der Waals surface area contributed by atoms with Crippen LogP contribution in [-0.4, -0.2) is 124 Å². The van der Waals surface area contributed by atoms with Crippen molar-refractivity contribution in [2.45, 2.75) is 185 Å². The lowest BCUT2D eigenvalue weighted by atomic mass is 9.76. The molecule has 0 N–H and O–H groups in total. The number of aliphatic imine (C=N–C) groups is 1. The second-order valence-electron chi connectivity index (χ2n) is 30.2. The number of piperidine rings is 3. The lowest BCUT2D eigenvalue weighted by Crippen LogP contribution is -2.45. The van der Waals surface area contributed by atoms with E-state index in [9.17, 15) is 19.2 Å². The van der Waals surface area contributed by atoms with E-state index in [1.807, 2.05) is 48.7 Å². The number of hydrogen-bond donors (Lipinski definition) is 0. The Morgan fingerprint density at radius 2 is 0.721 bits per heavy atom. The molecule has 3 atom stereocenters. The number of aromatic nitrogens is 3. The number of benzene rings is 3. The number of aryl methyl sites for hydroxylation is 6. The van der Waals surface area contributed by atoms with Crippen LogP contribution in [0.1, 0.15) is 208 Å². The fraction of sp³-hybridized carbons (Fsp3) is 0.537. The summed E-state index contributed by atoms with van der Waals surface area (Å²) in [7, 11) is 1.87. The zero-order valence-corrected chi connectivity index (χ0v) is 70.0. The molecule has 554 valence electrons. The smallest absolute Gasteiger partial charge is 0.225 e. The fourth-order valence-corrected chi connectivity index (χ4v) is 23.4. The highest BCUT2D eigenvalue weighted by atomic mass is 79.9. The Kier molecular flexibility index (Phi) is 26.3. The minimum atomic E-state index is -0.414. The van der Waals surface area contributed by atoms with Gasteiger partial charge < -0.3 is 24.2 Å². The van der Waals surface area contributed by atoms with Crippen molar-refractivity contribution in [3.05, 3.63) is 182 Å². The predicted molar refractivity (Wildman–Crippen MR) is 435 cm³/mol. The van der Waals surface area contributed by atoms with Crippen LogP contribution >= 0.6 is 130 Å². The Hall–Kier alpha value is -3.47. The highest BCUT2D eigenvalue weighted by Gasteiger charge is 2.45. The van der Waals surface area contributed by atoms with Gasteiger partial charge in [-0.05, 0) is 299 Å². The van der Waals surface area contributed by atoms with Crippen molar-refractivity contribution in [2.75, 3.05) is 59.5 Å². The number of rotatable bonds is 6. The average molecular weight is 1860 g/mol. The number of halogens is 9. The van der Waals surface area contributed by atoms with E-state index >= 15 is 0 Å². The molecule has 3 amide bonds. The molecule has 3 saturated carbocycles. The maximum Gasteiger partial charge on any atom is 0.225 e. The molecule has 0 bridgehead atoms. The minimum absolute atomic E-state index is 0. The van der Waals surface area contributed by atoms with Gasteiger partial charge in [0.2, 0.25) is 17.7 Å². The number of pyridine rings is 3. The zero-order valence-electron chi connectivity index (χ0n) is 58.2. The Morgan fingerprint density at radius 1 is 0.423 bits per heavy atom. The van der Waals surface area contributed by atoms with E-state index in [1.165, 1.54) is 67.2 Å². The molecule has 6 aliphatic carbocycles. The minimum Gasteiger partial charge on any atom is -0.348 e. The van der Waals surface area contributed by atoms with Crippen LogP contribution in [0.2, 0.25) is 15.1 Å². The molecule has 4 saturated heterocycles. The third-order valence-electron chi connectivity index (χ3n) is 24.3. The molecule has 4 aliphatic heterocycles. The van der Waals surface area contributed by atoms with Crippen molar-refractivity contribution in [2.24, 2.45) is 40.5 Å². The van der Waals surface area contributed by atoms with Gasteiger partial charge in [0, 0.05) is 174 Å². The van der Waals surface area contributed by atoms with Crippen molar-refractivity contribution in [1.82, 2.24) is 29.7 Å². The first-order chi connectivity index (χ1) is 49.8. The number of ether oxygens (including phenoxy) is 2. The van der Waals surface area contributed by atoms with Crippen LogP contribution in [-0.2, 0) is 67.2 Å². The third-order valence-corrected chi connectivity index (χ3v) is 28.2. The molecular formula is C82H92Br6Cl3N7O6. The molecule has 16 rings (SSSR count). The number of fused-ring (bicyclic) bond motifs is 6. The molecular weight excluding hydrogens is 1760 g/mol. The van der Waals surface area contributed by atoms with E-state index in [0.717, 1.165) is 215 Å². The SMILES string of the molecule is C.CN=C1CCC(C(=O)N2CCC([C@H]3c4ncc(Br)cc4CCc4cc(Cl)cc(Br)c43)CC2)CC1.O=C(C1CCC2(CC1)OCCO2)N1CCC([C@H]2c3ncc(Br)cc3CCc3cc(Cl)cc(Br)c32)CC1.O=C1CCC(C(=O)N2CCC([C@H]3c4ncc(Br)cc4CCc4cc(Cl)cc(Br)c43)CC2)CC1. The average Bonchev–Trinajstić information content (AvgIpc) is 1.52. The second kappa shape index (κ2) is 34.8. The number of hydrogen-bond acceptors (Lipinski definition) is 10. The van der Waals surface area contributed by atoms with Gasteiger partial charge in [-0.3, -0.25) is 39.1 Å². The van der Waals surface area contributed by atoms with Crippen LogP contribution in [0.5, 0.6) is 0 Å². The first-order valence-electron chi connectivity index (χ1n) is 37.2. The number of ketones is 1. The summed E-state index contributed by atoms with van der Waals surface area (Å²) in [5.74, 6) is 2.94. The molecule has 7 heterocycles. The van der Waals surface area contributed by atoms with Gasteiger partial charge in [-0.25, -0.2) is 0 Å². The van der Waals surface area contributed by atoms with Gasteiger partial charge in [0.15, 0.2) is 5.79 Å². The largest absolute Gasteiger partial charge is 0.348 e. The molecule has 0 radical (unpaired) electrons. The normalized spacial score (nSPS) is 23.0. The van der Waals surface area contributed by atoms with E-state index in [2.05, 4.69) is 147 Å². The molecule has 104 heavy (non-hydrogen) atoms.